The van der Waals surface area contributed by atoms with E-state index in [1.54, 1.807) is 0 Å². The highest BCUT2D eigenvalue weighted by Gasteiger charge is 2.04. The molecule has 0 bridgehead atoms. The van der Waals surface area contributed by atoms with Crippen molar-refractivity contribution in [3.05, 3.63) is 65.5 Å². The Morgan fingerprint density at radius 2 is 1.93 bits per heavy atom. The first kappa shape index (κ1) is 23.2. The number of aliphatic hydroxyl groups excluding tert-OH is 1. The minimum absolute atomic E-state index is 0.400. The van der Waals surface area contributed by atoms with Crippen LogP contribution in [0.15, 0.2) is 53.7 Å². The summed E-state index contributed by atoms with van der Waals surface area (Å²) in [6, 6.07) is 14.0. The van der Waals surface area contributed by atoms with Crippen molar-refractivity contribution in [2.24, 2.45) is 4.99 Å². The molecule has 0 saturated carbocycles. The van der Waals surface area contributed by atoms with E-state index in [0.29, 0.717) is 13.0 Å². The minimum atomic E-state index is -0.465. The number of nitrogens with one attached hydrogen (secondary N) is 1. The molecule has 1 aromatic carbocycles. The van der Waals surface area contributed by atoms with E-state index in [2.05, 4.69) is 40.1 Å². The van der Waals surface area contributed by atoms with Gasteiger partial charge in [-0.15, -0.1) is 0 Å². The zero-order chi connectivity index (χ0) is 20.7. The lowest BCUT2D eigenvalue weighted by Gasteiger charge is -2.17. The fourth-order valence-corrected chi connectivity index (χ4v) is 3.25. The van der Waals surface area contributed by atoms with Gasteiger partial charge in [-0.3, -0.25) is 9.98 Å². The first-order chi connectivity index (χ1) is 14.2. The van der Waals surface area contributed by atoms with Gasteiger partial charge in [-0.05, 0) is 62.3 Å². The van der Waals surface area contributed by atoms with Crippen molar-refractivity contribution in [3.63, 3.8) is 0 Å². The van der Waals surface area contributed by atoms with Crippen molar-refractivity contribution < 1.29 is 5.11 Å². The minimum Gasteiger partial charge on any atom is -0.391 e. The van der Waals surface area contributed by atoms with Crippen molar-refractivity contribution in [1.29, 1.82) is 0 Å². The summed E-state index contributed by atoms with van der Waals surface area (Å²) in [6.45, 7) is 10.0. The highest BCUT2D eigenvalue weighted by atomic mass is 16.3. The van der Waals surface area contributed by atoms with Crippen molar-refractivity contribution >= 4 is 6.21 Å². The van der Waals surface area contributed by atoms with Gasteiger partial charge in [0.15, 0.2) is 0 Å². The van der Waals surface area contributed by atoms with E-state index in [4.69, 9.17) is 0 Å². The Bertz CT molecular complexity index is 701. The van der Waals surface area contributed by atoms with E-state index in [-0.39, 0.29) is 0 Å². The van der Waals surface area contributed by atoms with Crippen LogP contribution < -0.4 is 5.32 Å². The Labute approximate surface area is 175 Å². The highest BCUT2D eigenvalue weighted by Crippen LogP contribution is 2.04. The molecule has 5 nitrogen and oxygen atoms in total. The molecule has 2 N–H and O–H groups in total. The molecule has 29 heavy (non-hydrogen) atoms. The Kier molecular flexibility index (Phi) is 11.2. The summed E-state index contributed by atoms with van der Waals surface area (Å²) in [6.07, 6.45) is 6.20. The fraction of sp³-hybridized carbons (Fsp3) is 0.500. The predicted octanol–water partition coefficient (Wildman–Crippen LogP) is 3.32. The number of benzene rings is 1. The molecule has 1 aromatic heterocycles. The summed E-state index contributed by atoms with van der Waals surface area (Å²) in [5, 5.41) is 13.6. The maximum Gasteiger partial charge on any atom is 0.0775 e. The molecule has 0 radical (unpaired) electrons. The summed E-state index contributed by atoms with van der Waals surface area (Å²) in [4.78, 5) is 11.3. The molecule has 2 aromatic rings. The lowest BCUT2D eigenvalue weighted by molar-refractivity contribution is 0.184. The van der Waals surface area contributed by atoms with Crippen molar-refractivity contribution in [3.8, 4) is 0 Å². The molecular weight excluding hydrogens is 360 g/mol. The van der Waals surface area contributed by atoms with Crippen molar-refractivity contribution in [2.45, 2.75) is 45.8 Å². The normalized spacial score (nSPS) is 12.7. The standard InChI is InChI=1S/C24H36N4O/c1-3-28(4-2)15-9-8-13-25-19-23-16-22(12-14-27-23)18-26-20-24(29)17-21-10-6-5-7-11-21/h5-7,10-12,14,16,18,24-25,29H,3-4,8-9,13,15,17,19-20H2,1-2H3. The van der Waals surface area contributed by atoms with Crippen LogP contribution in [0.25, 0.3) is 0 Å². The zero-order valence-corrected chi connectivity index (χ0v) is 17.9. The SMILES string of the molecule is CCN(CC)CCCCNCc1cc(C=NCC(O)Cc2ccccc2)ccn1. The van der Waals surface area contributed by atoms with E-state index in [1.165, 1.54) is 19.4 Å². The molecule has 0 aliphatic rings. The van der Waals surface area contributed by atoms with Crippen LogP contribution in [0, 0.1) is 0 Å². The monoisotopic (exact) mass is 396 g/mol. The quantitative estimate of drug-likeness (QED) is 0.380. The molecule has 0 spiro atoms. The third-order valence-electron chi connectivity index (χ3n) is 4.99. The number of rotatable bonds is 14. The number of hydrogen-bond acceptors (Lipinski definition) is 5. The van der Waals surface area contributed by atoms with Gasteiger partial charge in [-0.25, -0.2) is 0 Å². The largest absolute Gasteiger partial charge is 0.391 e. The van der Waals surface area contributed by atoms with Crippen LogP contribution in [0.4, 0.5) is 0 Å². The van der Waals surface area contributed by atoms with Crippen LogP contribution in [-0.2, 0) is 13.0 Å². The second-order valence-corrected chi connectivity index (χ2v) is 7.33. The van der Waals surface area contributed by atoms with Crippen molar-refractivity contribution in [1.82, 2.24) is 15.2 Å². The fourth-order valence-electron chi connectivity index (χ4n) is 3.25. The summed E-state index contributed by atoms with van der Waals surface area (Å²) in [7, 11) is 0. The average molecular weight is 397 g/mol. The molecule has 0 aliphatic carbocycles. The Hall–Kier alpha value is -2.08. The van der Waals surface area contributed by atoms with Gasteiger partial charge in [0.1, 0.15) is 0 Å². The van der Waals surface area contributed by atoms with Crippen molar-refractivity contribution in [2.75, 3.05) is 32.7 Å². The summed E-state index contributed by atoms with van der Waals surface area (Å²) in [5.74, 6) is 0. The number of aromatic nitrogens is 1. The van der Waals surface area contributed by atoms with E-state index in [0.717, 1.165) is 43.0 Å². The first-order valence-corrected chi connectivity index (χ1v) is 10.8. The van der Waals surface area contributed by atoms with Crippen LogP contribution in [0.1, 0.15) is 43.5 Å². The smallest absolute Gasteiger partial charge is 0.0775 e. The number of nitrogens with zero attached hydrogens (tertiary/aromatic N) is 3. The van der Waals surface area contributed by atoms with E-state index < -0.39 is 6.10 Å². The molecule has 0 aliphatic heterocycles. The number of hydrogen-bond donors (Lipinski definition) is 2. The van der Waals surface area contributed by atoms with Gasteiger partial charge in [0.25, 0.3) is 0 Å². The van der Waals surface area contributed by atoms with E-state index in [1.807, 2.05) is 48.8 Å². The number of unbranched alkanes of at least 4 members (excludes halogenated alkanes) is 1. The molecular formula is C24H36N4O. The molecule has 0 fully saturated rings. The maximum absolute atomic E-state index is 10.1. The van der Waals surface area contributed by atoms with Gasteiger partial charge >= 0.3 is 0 Å². The van der Waals surface area contributed by atoms with Crippen LogP contribution >= 0.6 is 0 Å². The van der Waals surface area contributed by atoms with Gasteiger partial charge in [0.05, 0.1) is 18.3 Å². The molecule has 0 amide bonds. The molecule has 158 valence electrons. The Balaban J connectivity index is 1.67. The van der Waals surface area contributed by atoms with Crippen LogP contribution in [0.3, 0.4) is 0 Å². The lowest BCUT2D eigenvalue weighted by atomic mass is 10.1. The van der Waals surface area contributed by atoms with Crippen LogP contribution in [0.2, 0.25) is 0 Å². The molecule has 1 heterocycles. The van der Waals surface area contributed by atoms with Gasteiger partial charge < -0.3 is 15.3 Å². The summed E-state index contributed by atoms with van der Waals surface area (Å²) in [5.41, 5.74) is 3.16. The third-order valence-corrected chi connectivity index (χ3v) is 4.99. The molecule has 2 rings (SSSR count). The highest BCUT2D eigenvalue weighted by molar-refractivity contribution is 5.79. The summed E-state index contributed by atoms with van der Waals surface area (Å²) < 4.78 is 0. The molecule has 1 unspecified atom stereocenters. The van der Waals surface area contributed by atoms with Gasteiger partial charge in [-0.2, -0.15) is 0 Å². The van der Waals surface area contributed by atoms with Gasteiger partial charge in [0.2, 0.25) is 0 Å². The number of pyridine rings is 1. The van der Waals surface area contributed by atoms with Crippen LogP contribution in [-0.4, -0.2) is 60.0 Å². The Morgan fingerprint density at radius 3 is 2.69 bits per heavy atom. The van der Waals surface area contributed by atoms with Crippen LogP contribution in [0.5, 0.6) is 0 Å². The zero-order valence-electron chi connectivity index (χ0n) is 17.9. The van der Waals surface area contributed by atoms with Gasteiger partial charge in [-0.1, -0.05) is 44.2 Å². The first-order valence-electron chi connectivity index (χ1n) is 10.8. The molecule has 1 atom stereocenters. The third kappa shape index (κ3) is 9.79. The lowest BCUT2D eigenvalue weighted by Crippen LogP contribution is -2.25. The number of aliphatic imine (C=N–C) groups is 1. The second kappa shape index (κ2) is 14.0. The molecule has 5 heteroatoms. The number of aliphatic hydroxyl groups is 1. The predicted molar refractivity (Wildman–Crippen MR) is 122 cm³/mol. The van der Waals surface area contributed by atoms with E-state index >= 15 is 0 Å². The Morgan fingerprint density at radius 1 is 1.14 bits per heavy atom. The topological polar surface area (TPSA) is 60.8 Å². The second-order valence-electron chi connectivity index (χ2n) is 7.33. The van der Waals surface area contributed by atoms with E-state index in [9.17, 15) is 5.11 Å². The van der Waals surface area contributed by atoms with Gasteiger partial charge in [0, 0.05) is 25.4 Å². The summed E-state index contributed by atoms with van der Waals surface area (Å²) >= 11 is 0. The average Bonchev–Trinajstić information content (AvgIpc) is 2.74. The molecule has 0 saturated heterocycles. The maximum atomic E-state index is 10.1.